The molecule has 1 amide bonds. The first-order valence-electron chi connectivity index (χ1n) is 7.92. The molecule has 0 fully saturated rings. The summed E-state index contributed by atoms with van der Waals surface area (Å²) < 4.78 is 59.9. The first-order valence-corrected chi connectivity index (χ1v) is 9.40. The highest BCUT2D eigenvalue weighted by molar-refractivity contribution is 7.89. The minimum Gasteiger partial charge on any atom is -0.435 e. The molecule has 11 heteroatoms. The van der Waals surface area contributed by atoms with E-state index < -0.39 is 16.6 Å². The van der Waals surface area contributed by atoms with Gasteiger partial charge in [-0.1, -0.05) is 17.3 Å². The number of carbonyl (C=O) groups excluding carboxylic acids is 1. The predicted molar refractivity (Wildman–Crippen MR) is 90.7 cm³/mol. The van der Waals surface area contributed by atoms with E-state index in [1.54, 1.807) is 0 Å². The Bertz CT molecular complexity index is 862. The van der Waals surface area contributed by atoms with Crippen molar-refractivity contribution in [3.05, 3.63) is 41.3 Å². The number of nitrogens with one attached hydrogen (secondary N) is 2. The van der Waals surface area contributed by atoms with Gasteiger partial charge in [0.25, 0.3) is 0 Å². The van der Waals surface area contributed by atoms with Crippen LogP contribution in [0.4, 0.5) is 8.78 Å². The van der Waals surface area contributed by atoms with E-state index in [0.29, 0.717) is 5.56 Å². The molecule has 2 aromatic rings. The van der Waals surface area contributed by atoms with E-state index in [2.05, 4.69) is 19.9 Å². The molecule has 0 atom stereocenters. The molecule has 0 aliphatic heterocycles. The summed E-state index contributed by atoms with van der Waals surface area (Å²) in [6.45, 7) is 0.169. The highest BCUT2D eigenvalue weighted by Crippen LogP contribution is 2.18. The van der Waals surface area contributed by atoms with Crippen molar-refractivity contribution in [2.45, 2.75) is 38.3 Å². The van der Waals surface area contributed by atoms with Gasteiger partial charge in [-0.05, 0) is 31.5 Å². The summed E-state index contributed by atoms with van der Waals surface area (Å²) in [7, 11) is -3.82. The molecule has 0 aliphatic rings. The number of sulfonamides is 1. The zero-order valence-corrected chi connectivity index (χ0v) is 15.5. The summed E-state index contributed by atoms with van der Waals surface area (Å²) in [6.07, 6.45) is -0.0742. The van der Waals surface area contributed by atoms with Gasteiger partial charge in [0, 0.05) is 19.5 Å². The Labute approximate surface area is 154 Å². The number of aryl methyl sites for hydroxylation is 2. The predicted octanol–water partition coefficient (Wildman–Crippen LogP) is 1.88. The molecule has 2 rings (SSSR count). The van der Waals surface area contributed by atoms with Crippen molar-refractivity contribution in [3.8, 4) is 5.75 Å². The molecule has 0 radical (unpaired) electrons. The van der Waals surface area contributed by atoms with Gasteiger partial charge in [-0.3, -0.25) is 4.79 Å². The molecule has 1 heterocycles. The molecule has 0 saturated carbocycles. The monoisotopic (exact) mass is 403 g/mol. The Balaban J connectivity index is 1.78. The molecule has 148 valence electrons. The number of hydrogen-bond donors (Lipinski definition) is 2. The number of nitrogens with zero attached hydrogens (tertiary/aromatic N) is 1. The fourth-order valence-corrected chi connectivity index (χ4v) is 3.66. The van der Waals surface area contributed by atoms with Crippen LogP contribution in [0.1, 0.15) is 23.4 Å². The summed E-state index contributed by atoms with van der Waals surface area (Å²) in [4.78, 5) is 11.8. The number of aromatic nitrogens is 1. The summed E-state index contributed by atoms with van der Waals surface area (Å²) in [5, 5.41) is 6.20. The van der Waals surface area contributed by atoms with Crippen LogP contribution in [-0.2, 0) is 21.4 Å². The third kappa shape index (κ3) is 6.00. The second kappa shape index (κ2) is 8.91. The minimum absolute atomic E-state index is 0.0220. The molecule has 0 aliphatic carbocycles. The van der Waals surface area contributed by atoms with Crippen molar-refractivity contribution in [3.63, 3.8) is 0 Å². The SMILES string of the molecule is Cc1noc(C)c1S(=O)(=O)NCCC(=O)NCc1ccc(OC(F)F)cc1. The third-order valence-electron chi connectivity index (χ3n) is 3.52. The Kier molecular flexibility index (Phi) is 6.86. The molecule has 1 aromatic heterocycles. The Morgan fingerprint density at radius 3 is 2.48 bits per heavy atom. The largest absolute Gasteiger partial charge is 0.435 e. The van der Waals surface area contributed by atoms with E-state index in [9.17, 15) is 22.0 Å². The van der Waals surface area contributed by atoms with Crippen molar-refractivity contribution < 1.29 is 31.3 Å². The van der Waals surface area contributed by atoms with Crippen LogP contribution in [0.15, 0.2) is 33.7 Å². The topological polar surface area (TPSA) is 111 Å². The van der Waals surface area contributed by atoms with Crippen LogP contribution in [0.2, 0.25) is 0 Å². The second-order valence-electron chi connectivity index (χ2n) is 5.60. The summed E-state index contributed by atoms with van der Waals surface area (Å²) in [6, 6.07) is 5.81. The fourth-order valence-electron chi connectivity index (χ4n) is 2.31. The lowest BCUT2D eigenvalue weighted by molar-refractivity contribution is -0.121. The van der Waals surface area contributed by atoms with Gasteiger partial charge in [-0.15, -0.1) is 0 Å². The third-order valence-corrected chi connectivity index (χ3v) is 5.22. The zero-order chi connectivity index (χ0) is 20.0. The summed E-state index contributed by atoms with van der Waals surface area (Å²) in [5.74, 6) is -0.179. The lowest BCUT2D eigenvalue weighted by Gasteiger charge is -2.08. The highest BCUT2D eigenvalue weighted by atomic mass is 32.2. The molecular weight excluding hydrogens is 384 g/mol. The smallest absolute Gasteiger partial charge is 0.387 e. The van der Waals surface area contributed by atoms with E-state index in [-0.39, 0.29) is 47.5 Å². The highest BCUT2D eigenvalue weighted by Gasteiger charge is 2.23. The van der Waals surface area contributed by atoms with Gasteiger partial charge in [0.05, 0.1) is 0 Å². The maximum Gasteiger partial charge on any atom is 0.387 e. The Hall–Kier alpha value is -2.53. The van der Waals surface area contributed by atoms with Gasteiger partial charge in [0.1, 0.15) is 16.3 Å². The molecular formula is C16H19F2N3O5S. The molecule has 0 unspecified atom stereocenters. The number of alkyl halides is 2. The van der Waals surface area contributed by atoms with E-state index in [1.165, 1.54) is 38.1 Å². The normalized spacial score (nSPS) is 11.6. The van der Waals surface area contributed by atoms with Gasteiger partial charge < -0.3 is 14.6 Å². The fraction of sp³-hybridized carbons (Fsp3) is 0.375. The molecule has 27 heavy (non-hydrogen) atoms. The lowest BCUT2D eigenvalue weighted by Crippen LogP contribution is -2.31. The van der Waals surface area contributed by atoms with Gasteiger partial charge >= 0.3 is 6.61 Å². The van der Waals surface area contributed by atoms with E-state index >= 15 is 0 Å². The summed E-state index contributed by atoms with van der Waals surface area (Å²) in [5.41, 5.74) is 0.921. The quantitative estimate of drug-likeness (QED) is 0.661. The Morgan fingerprint density at radius 1 is 1.26 bits per heavy atom. The number of carbonyl (C=O) groups is 1. The number of rotatable bonds is 9. The number of ether oxygens (including phenoxy) is 1. The number of hydrogen-bond acceptors (Lipinski definition) is 6. The van der Waals surface area contributed by atoms with Crippen molar-refractivity contribution >= 4 is 15.9 Å². The van der Waals surface area contributed by atoms with Crippen molar-refractivity contribution in [2.75, 3.05) is 6.54 Å². The number of amides is 1. The van der Waals surface area contributed by atoms with Crippen LogP contribution in [0.25, 0.3) is 0 Å². The summed E-state index contributed by atoms with van der Waals surface area (Å²) >= 11 is 0. The number of benzene rings is 1. The molecule has 0 saturated heterocycles. The standard InChI is InChI=1S/C16H19F2N3O5S/c1-10-15(11(2)26-21-10)27(23,24)20-8-7-14(22)19-9-12-3-5-13(6-4-12)25-16(17)18/h3-6,16,20H,7-9H2,1-2H3,(H,19,22). The maximum absolute atomic E-state index is 12.2. The average molecular weight is 403 g/mol. The van der Waals surface area contributed by atoms with E-state index in [1.807, 2.05) is 0 Å². The first-order chi connectivity index (χ1) is 12.7. The van der Waals surface area contributed by atoms with Gasteiger partial charge in [-0.2, -0.15) is 8.78 Å². The van der Waals surface area contributed by atoms with Crippen LogP contribution in [0.3, 0.4) is 0 Å². The van der Waals surface area contributed by atoms with Crippen LogP contribution in [-0.4, -0.2) is 32.6 Å². The van der Waals surface area contributed by atoms with Crippen LogP contribution in [0.5, 0.6) is 5.75 Å². The minimum atomic E-state index is -3.82. The number of halogens is 2. The second-order valence-corrected chi connectivity index (χ2v) is 7.30. The van der Waals surface area contributed by atoms with Gasteiger partial charge in [-0.25, -0.2) is 13.1 Å². The Morgan fingerprint density at radius 2 is 1.93 bits per heavy atom. The van der Waals surface area contributed by atoms with Crippen LogP contribution >= 0.6 is 0 Å². The molecule has 1 aromatic carbocycles. The van der Waals surface area contributed by atoms with E-state index in [4.69, 9.17) is 4.52 Å². The maximum atomic E-state index is 12.2. The lowest BCUT2D eigenvalue weighted by atomic mass is 10.2. The van der Waals surface area contributed by atoms with Crippen molar-refractivity contribution in [2.24, 2.45) is 0 Å². The first kappa shape index (κ1) is 20.8. The molecule has 0 spiro atoms. The van der Waals surface area contributed by atoms with Crippen LogP contribution in [0, 0.1) is 13.8 Å². The van der Waals surface area contributed by atoms with Gasteiger partial charge in [0.2, 0.25) is 15.9 Å². The van der Waals surface area contributed by atoms with E-state index in [0.717, 1.165) is 0 Å². The zero-order valence-electron chi connectivity index (χ0n) is 14.7. The van der Waals surface area contributed by atoms with Crippen molar-refractivity contribution in [1.29, 1.82) is 0 Å². The van der Waals surface area contributed by atoms with Gasteiger partial charge in [0.15, 0.2) is 5.76 Å². The molecule has 8 nitrogen and oxygen atoms in total. The molecule has 0 bridgehead atoms. The van der Waals surface area contributed by atoms with Crippen molar-refractivity contribution in [1.82, 2.24) is 15.2 Å². The molecule has 2 N–H and O–H groups in total. The average Bonchev–Trinajstić information content (AvgIpc) is 2.93. The van der Waals surface area contributed by atoms with Crippen LogP contribution < -0.4 is 14.8 Å².